The van der Waals surface area contributed by atoms with Crippen molar-refractivity contribution in [1.82, 2.24) is 4.90 Å². The largest absolute Gasteiger partial charge is 0.399 e. The van der Waals surface area contributed by atoms with Crippen molar-refractivity contribution >= 4 is 6.21 Å². The van der Waals surface area contributed by atoms with E-state index in [2.05, 4.69) is 9.89 Å². The fraction of sp³-hybridized carbons (Fsp3) is 0.769. The molecule has 3 unspecified atom stereocenters. The molecule has 3 aliphatic rings. The van der Waals surface area contributed by atoms with Crippen LogP contribution in [0.2, 0.25) is 0 Å². The van der Waals surface area contributed by atoms with Crippen LogP contribution in [0.3, 0.4) is 0 Å². The van der Waals surface area contributed by atoms with Crippen LogP contribution in [0.25, 0.3) is 0 Å². The van der Waals surface area contributed by atoms with Gasteiger partial charge in [-0.05, 0) is 19.3 Å². The van der Waals surface area contributed by atoms with Gasteiger partial charge in [0.25, 0.3) is 0 Å². The van der Waals surface area contributed by atoms with Crippen LogP contribution in [0.5, 0.6) is 0 Å². The van der Waals surface area contributed by atoms with Crippen LogP contribution in [-0.4, -0.2) is 43.1 Å². The Morgan fingerprint density at radius 3 is 3.17 bits per heavy atom. The molecule has 0 aliphatic carbocycles. The summed E-state index contributed by atoms with van der Waals surface area (Å²) in [7, 11) is 0. The molecule has 3 heterocycles. The topological polar surface area (TPSA) is 50.8 Å². The fourth-order valence-electron chi connectivity index (χ4n) is 3.15. The van der Waals surface area contributed by atoms with Crippen molar-refractivity contribution in [2.45, 2.75) is 38.0 Å². The van der Waals surface area contributed by atoms with E-state index in [1.54, 1.807) is 0 Å². The summed E-state index contributed by atoms with van der Waals surface area (Å²) in [6.45, 7) is 2.74. The fourth-order valence-corrected chi connectivity index (χ4v) is 3.15. The monoisotopic (exact) mass is 253 g/mol. The van der Waals surface area contributed by atoms with Crippen molar-refractivity contribution in [3.63, 3.8) is 0 Å². The summed E-state index contributed by atoms with van der Waals surface area (Å²) < 4.78 is 18.9. The lowest BCUT2D eigenvalue weighted by molar-refractivity contribution is -0.0609. The van der Waals surface area contributed by atoms with E-state index in [0.717, 1.165) is 38.4 Å². The number of rotatable bonds is 1. The van der Waals surface area contributed by atoms with Gasteiger partial charge in [0.1, 0.15) is 12.0 Å². The van der Waals surface area contributed by atoms with Gasteiger partial charge in [-0.2, -0.15) is 0 Å². The van der Waals surface area contributed by atoms with E-state index in [0.29, 0.717) is 17.7 Å². The van der Waals surface area contributed by atoms with Crippen molar-refractivity contribution in [3.05, 3.63) is 11.5 Å². The van der Waals surface area contributed by atoms with Gasteiger partial charge in [0.2, 0.25) is 0 Å². The molecule has 0 bridgehead atoms. The smallest absolute Gasteiger partial charge is 0.147 e. The molecule has 0 aromatic heterocycles. The van der Waals surface area contributed by atoms with E-state index >= 15 is 0 Å². The molecule has 5 heteroatoms. The molecule has 3 atom stereocenters. The van der Waals surface area contributed by atoms with Crippen LogP contribution in [0.15, 0.2) is 16.5 Å². The number of nitrogens with two attached hydrogens (primary N) is 1. The number of ether oxygens (including phenoxy) is 1. The van der Waals surface area contributed by atoms with Gasteiger partial charge in [0.05, 0.1) is 11.8 Å². The van der Waals surface area contributed by atoms with Gasteiger partial charge in [-0.3, -0.25) is 0 Å². The average molecular weight is 253 g/mol. The second-order valence-electron chi connectivity index (χ2n) is 5.39. The standard InChI is InChI=1S/C13H20FN3O/c14-10-6-11(15)13(16-7-10)17-4-3-12-9(8-17)2-1-5-18-12/h7,9-10,12H,1-6,8,15H2. The molecule has 2 N–H and O–H groups in total. The first kappa shape index (κ1) is 12.0. The Kier molecular flexibility index (Phi) is 3.24. The Bertz CT molecular complexity index is 382. The molecule has 100 valence electrons. The SMILES string of the molecule is NC1=C(N2CCC3OCCCC3C2)N=CC(F)C1. The number of likely N-dealkylation sites (tertiary alicyclic amines) is 1. The van der Waals surface area contributed by atoms with Crippen molar-refractivity contribution in [2.24, 2.45) is 16.6 Å². The van der Waals surface area contributed by atoms with Crippen LogP contribution in [0.1, 0.15) is 25.7 Å². The van der Waals surface area contributed by atoms with Gasteiger partial charge in [-0.1, -0.05) is 0 Å². The Morgan fingerprint density at radius 1 is 1.44 bits per heavy atom. The molecular formula is C13H20FN3O. The Morgan fingerprint density at radius 2 is 2.33 bits per heavy atom. The van der Waals surface area contributed by atoms with Crippen LogP contribution in [0.4, 0.5) is 4.39 Å². The molecule has 0 spiro atoms. The molecule has 0 radical (unpaired) electrons. The highest BCUT2D eigenvalue weighted by Gasteiger charge is 2.33. The third kappa shape index (κ3) is 2.23. The third-order valence-corrected chi connectivity index (χ3v) is 4.08. The summed E-state index contributed by atoms with van der Waals surface area (Å²) in [6, 6.07) is 0. The molecular weight excluding hydrogens is 233 g/mol. The molecule has 0 amide bonds. The molecule has 3 rings (SSSR count). The molecule has 2 fully saturated rings. The second-order valence-corrected chi connectivity index (χ2v) is 5.39. The van der Waals surface area contributed by atoms with Crippen molar-refractivity contribution < 1.29 is 9.13 Å². The Hall–Kier alpha value is -1.10. The highest BCUT2D eigenvalue weighted by atomic mass is 19.1. The number of hydrogen-bond acceptors (Lipinski definition) is 4. The minimum atomic E-state index is -1.02. The summed E-state index contributed by atoms with van der Waals surface area (Å²) in [5.41, 5.74) is 6.50. The predicted molar refractivity (Wildman–Crippen MR) is 67.9 cm³/mol. The maximum Gasteiger partial charge on any atom is 0.147 e. The van der Waals surface area contributed by atoms with Crippen LogP contribution in [0, 0.1) is 5.92 Å². The lowest BCUT2D eigenvalue weighted by Crippen LogP contribution is -2.46. The number of allylic oxidation sites excluding steroid dienone is 1. The van der Waals surface area contributed by atoms with Gasteiger partial charge in [-0.15, -0.1) is 0 Å². The normalized spacial score (nSPS) is 36.7. The summed E-state index contributed by atoms with van der Waals surface area (Å²) in [5, 5.41) is 0. The number of halogens is 1. The molecule has 0 aromatic carbocycles. The zero-order chi connectivity index (χ0) is 12.5. The van der Waals surface area contributed by atoms with Gasteiger partial charge in [0.15, 0.2) is 0 Å². The highest BCUT2D eigenvalue weighted by molar-refractivity contribution is 5.66. The number of aliphatic imine (C=N–C) groups is 1. The molecule has 2 saturated heterocycles. The summed E-state index contributed by atoms with van der Waals surface area (Å²) >= 11 is 0. The number of fused-ring (bicyclic) bond motifs is 1. The minimum absolute atomic E-state index is 0.278. The second kappa shape index (κ2) is 4.88. The zero-order valence-corrected chi connectivity index (χ0v) is 10.5. The van der Waals surface area contributed by atoms with E-state index in [9.17, 15) is 4.39 Å². The van der Waals surface area contributed by atoms with Crippen LogP contribution >= 0.6 is 0 Å². The van der Waals surface area contributed by atoms with Crippen molar-refractivity contribution in [2.75, 3.05) is 19.7 Å². The third-order valence-electron chi connectivity index (χ3n) is 4.08. The molecule has 0 aromatic rings. The van der Waals surface area contributed by atoms with E-state index < -0.39 is 6.17 Å². The first-order valence-corrected chi connectivity index (χ1v) is 6.77. The minimum Gasteiger partial charge on any atom is -0.399 e. The molecule has 3 aliphatic heterocycles. The highest BCUT2D eigenvalue weighted by Crippen LogP contribution is 2.31. The van der Waals surface area contributed by atoms with E-state index in [1.165, 1.54) is 12.6 Å². The lowest BCUT2D eigenvalue weighted by Gasteiger charge is -2.42. The first-order chi connectivity index (χ1) is 8.74. The summed E-state index contributed by atoms with van der Waals surface area (Å²) in [6.07, 6.45) is 4.40. The predicted octanol–water partition coefficient (Wildman–Crippen LogP) is 1.43. The van der Waals surface area contributed by atoms with E-state index in [1.807, 2.05) is 0 Å². The number of alkyl halides is 1. The van der Waals surface area contributed by atoms with E-state index in [4.69, 9.17) is 10.5 Å². The molecule has 18 heavy (non-hydrogen) atoms. The maximum atomic E-state index is 13.1. The van der Waals surface area contributed by atoms with E-state index in [-0.39, 0.29) is 6.42 Å². The van der Waals surface area contributed by atoms with Gasteiger partial charge in [-0.25, -0.2) is 9.38 Å². The van der Waals surface area contributed by atoms with Gasteiger partial charge in [0, 0.05) is 38.2 Å². The summed E-state index contributed by atoms with van der Waals surface area (Å²) in [5.74, 6) is 1.36. The van der Waals surface area contributed by atoms with Crippen molar-refractivity contribution in [3.8, 4) is 0 Å². The first-order valence-electron chi connectivity index (χ1n) is 6.77. The van der Waals surface area contributed by atoms with Gasteiger partial charge >= 0.3 is 0 Å². The van der Waals surface area contributed by atoms with Gasteiger partial charge < -0.3 is 15.4 Å². The Balaban J connectivity index is 1.71. The number of piperidine rings is 1. The Labute approximate surface area is 107 Å². The zero-order valence-electron chi connectivity index (χ0n) is 10.5. The van der Waals surface area contributed by atoms with Crippen molar-refractivity contribution in [1.29, 1.82) is 0 Å². The number of hydrogen-bond donors (Lipinski definition) is 1. The van der Waals surface area contributed by atoms with Crippen LogP contribution in [-0.2, 0) is 4.74 Å². The lowest BCUT2D eigenvalue weighted by atomic mass is 9.88. The number of nitrogens with zero attached hydrogens (tertiary/aromatic N) is 2. The average Bonchev–Trinajstić information content (AvgIpc) is 2.38. The molecule has 4 nitrogen and oxygen atoms in total. The summed E-state index contributed by atoms with van der Waals surface area (Å²) in [4.78, 5) is 6.39. The quantitative estimate of drug-likeness (QED) is 0.769. The van der Waals surface area contributed by atoms with Crippen LogP contribution < -0.4 is 5.73 Å². The molecule has 0 saturated carbocycles. The maximum absolute atomic E-state index is 13.1.